The SMILES string of the molecule is CCCCN(/C=C/C=C(\C#N)C(=O)OCC(CO)N=O)CCC. The molecule has 23 heavy (non-hydrogen) atoms. The van der Waals surface area contributed by atoms with Crippen LogP contribution in [0.3, 0.4) is 0 Å². The van der Waals surface area contributed by atoms with Crippen molar-refractivity contribution in [1.82, 2.24) is 4.90 Å². The number of aliphatic hydroxyl groups excluding tert-OH is 1. The van der Waals surface area contributed by atoms with Crippen molar-refractivity contribution in [2.75, 3.05) is 26.3 Å². The molecule has 0 saturated carbocycles. The molecule has 0 spiro atoms. The molecule has 0 aliphatic heterocycles. The number of nitrogens with zero attached hydrogens (tertiary/aromatic N) is 3. The molecule has 0 aromatic carbocycles. The lowest BCUT2D eigenvalue weighted by molar-refractivity contribution is -0.139. The van der Waals surface area contributed by atoms with Crippen LogP contribution in [0.25, 0.3) is 0 Å². The Morgan fingerprint density at radius 2 is 2.13 bits per heavy atom. The summed E-state index contributed by atoms with van der Waals surface area (Å²) in [6, 6.07) is 0.745. The third-order valence-electron chi connectivity index (χ3n) is 2.98. The zero-order valence-corrected chi connectivity index (χ0v) is 13.8. The molecule has 1 atom stereocenters. The Hall–Kier alpha value is -2.20. The number of hydrogen-bond donors (Lipinski definition) is 1. The number of unbranched alkanes of at least 4 members (excludes halogenated alkanes) is 1. The molecule has 0 heterocycles. The Balaban J connectivity index is 4.64. The van der Waals surface area contributed by atoms with E-state index in [1.165, 1.54) is 6.08 Å². The van der Waals surface area contributed by atoms with Crippen molar-refractivity contribution < 1.29 is 14.6 Å². The highest BCUT2D eigenvalue weighted by Crippen LogP contribution is 2.02. The van der Waals surface area contributed by atoms with Crippen LogP contribution in [0.15, 0.2) is 29.1 Å². The molecular formula is C16H25N3O4. The number of ether oxygens (including phenoxy) is 1. The molecule has 0 aliphatic carbocycles. The number of aliphatic hydroxyl groups is 1. The summed E-state index contributed by atoms with van der Waals surface area (Å²) in [5.41, 5.74) is -0.171. The van der Waals surface area contributed by atoms with Crippen LogP contribution in [0.1, 0.15) is 33.1 Å². The fraction of sp³-hybridized carbons (Fsp3) is 0.625. The number of nitriles is 1. The van der Waals surface area contributed by atoms with Crippen molar-refractivity contribution >= 4 is 5.97 Å². The van der Waals surface area contributed by atoms with E-state index in [0.717, 1.165) is 32.4 Å². The Labute approximate surface area is 137 Å². The van der Waals surface area contributed by atoms with Gasteiger partial charge in [0, 0.05) is 13.1 Å². The number of rotatable bonds is 12. The minimum absolute atomic E-state index is 0.171. The Morgan fingerprint density at radius 1 is 1.39 bits per heavy atom. The summed E-state index contributed by atoms with van der Waals surface area (Å²) in [4.78, 5) is 24.1. The average molecular weight is 323 g/mol. The van der Waals surface area contributed by atoms with Crippen LogP contribution in [0, 0.1) is 16.2 Å². The van der Waals surface area contributed by atoms with Gasteiger partial charge in [0.25, 0.3) is 0 Å². The zero-order valence-electron chi connectivity index (χ0n) is 13.8. The highest BCUT2D eigenvalue weighted by molar-refractivity contribution is 5.93. The van der Waals surface area contributed by atoms with Crippen molar-refractivity contribution in [3.05, 3.63) is 28.8 Å². The number of esters is 1. The van der Waals surface area contributed by atoms with Gasteiger partial charge >= 0.3 is 5.97 Å². The fourth-order valence-corrected chi connectivity index (χ4v) is 1.69. The molecule has 7 nitrogen and oxygen atoms in total. The predicted octanol–water partition coefficient (Wildman–Crippen LogP) is 2.13. The van der Waals surface area contributed by atoms with Crippen molar-refractivity contribution in [1.29, 1.82) is 5.26 Å². The van der Waals surface area contributed by atoms with Gasteiger partial charge in [-0.1, -0.05) is 25.4 Å². The average Bonchev–Trinajstić information content (AvgIpc) is 2.57. The molecule has 0 aromatic rings. The first-order valence-corrected chi connectivity index (χ1v) is 7.75. The van der Waals surface area contributed by atoms with Gasteiger partial charge in [0.1, 0.15) is 24.3 Å². The second kappa shape index (κ2) is 13.5. The minimum atomic E-state index is -1.01. The van der Waals surface area contributed by atoms with Crippen molar-refractivity contribution in [3.63, 3.8) is 0 Å². The molecule has 0 amide bonds. The van der Waals surface area contributed by atoms with E-state index in [1.807, 2.05) is 6.20 Å². The van der Waals surface area contributed by atoms with Crippen LogP contribution in [-0.2, 0) is 9.53 Å². The van der Waals surface area contributed by atoms with Crippen molar-refractivity contribution in [3.8, 4) is 6.07 Å². The zero-order chi connectivity index (χ0) is 17.5. The summed E-state index contributed by atoms with van der Waals surface area (Å²) < 4.78 is 4.78. The molecular weight excluding hydrogens is 298 g/mol. The Kier molecular flexibility index (Phi) is 12.2. The fourth-order valence-electron chi connectivity index (χ4n) is 1.69. The first-order valence-electron chi connectivity index (χ1n) is 7.75. The third kappa shape index (κ3) is 9.42. The van der Waals surface area contributed by atoms with E-state index in [9.17, 15) is 9.70 Å². The summed E-state index contributed by atoms with van der Waals surface area (Å²) in [5, 5.41) is 20.4. The van der Waals surface area contributed by atoms with Crippen LogP contribution >= 0.6 is 0 Å². The number of carbonyl (C=O) groups is 1. The monoisotopic (exact) mass is 323 g/mol. The topological polar surface area (TPSA) is 103 Å². The minimum Gasteiger partial charge on any atom is -0.459 e. The highest BCUT2D eigenvalue weighted by Gasteiger charge is 2.14. The van der Waals surface area contributed by atoms with E-state index in [2.05, 4.69) is 23.9 Å². The molecule has 128 valence electrons. The highest BCUT2D eigenvalue weighted by atomic mass is 16.5. The lowest BCUT2D eigenvalue weighted by Gasteiger charge is -2.18. The Bertz CT molecular complexity index is 455. The number of nitroso groups, excluding NO2 is 1. The second-order valence-electron chi connectivity index (χ2n) is 4.96. The maximum absolute atomic E-state index is 11.7. The molecule has 0 aromatic heterocycles. The molecule has 0 rings (SSSR count). The quantitative estimate of drug-likeness (QED) is 0.194. The molecule has 7 heteroatoms. The van der Waals surface area contributed by atoms with E-state index in [1.54, 1.807) is 12.1 Å². The van der Waals surface area contributed by atoms with E-state index in [4.69, 9.17) is 15.1 Å². The van der Waals surface area contributed by atoms with Gasteiger partial charge in [-0.15, -0.1) is 0 Å². The molecule has 0 bridgehead atoms. The largest absolute Gasteiger partial charge is 0.459 e. The number of allylic oxidation sites excluding steroid dienone is 2. The molecule has 1 unspecified atom stereocenters. The molecule has 0 fully saturated rings. The van der Waals surface area contributed by atoms with Gasteiger partial charge in [0.2, 0.25) is 0 Å². The van der Waals surface area contributed by atoms with Crippen molar-refractivity contribution in [2.45, 2.75) is 39.2 Å². The van der Waals surface area contributed by atoms with E-state index >= 15 is 0 Å². The molecule has 1 N–H and O–H groups in total. The van der Waals surface area contributed by atoms with E-state index < -0.39 is 18.6 Å². The van der Waals surface area contributed by atoms with Gasteiger partial charge < -0.3 is 14.7 Å². The summed E-state index contributed by atoms with van der Waals surface area (Å²) in [6.07, 6.45) is 8.02. The Morgan fingerprint density at radius 3 is 2.65 bits per heavy atom. The summed E-state index contributed by atoms with van der Waals surface area (Å²) in [7, 11) is 0. The van der Waals surface area contributed by atoms with Crippen LogP contribution in [0.2, 0.25) is 0 Å². The van der Waals surface area contributed by atoms with Gasteiger partial charge in [0.15, 0.2) is 0 Å². The van der Waals surface area contributed by atoms with Crippen LogP contribution in [0.5, 0.6) is 0 Å². The summed E-state index contributed by atoms with van der Waals surface area (Å²) in [5.74, 6) is -0.838. The first kappa shape index (κ1) is 20.8. The van der Waals surface area contributed by atoms with Gasteiger partial charge in [-0.05, 0) is 31.2 Å². The summed E-state index contributed by atoms with van der Waals surface area (Å²) >= 11 is 0. The van der Waals surface area contributed by atoms with Gasteiger partial charge in [0.05, 0.1) is 6.61 Å². The molecule has 0 radical (unpaired) electrons. The van der Waals surface area contributed by atoms with Crippen LogP contribution < -0.4 is 0 Å². The number of hydrogen-bond acceptors (Lipinski definition) is 7. The van der Waals surface area contributed by atoms with Crippen LogP contribution in [-0.4, -0.2) is 48.3 Å². The van der Waals surface area contributed by atoms with Gasteiger partial charge in [-0.2, -0.15) is 10.2 Å². The smallest absolute Gasteiger partial charge is 0.348 e. The summed E-state index contributed by atoms with van der Waals surface area (Å²) in [6.45, 7) is 5.17. The second-order valence-corrected chi connectivity index (χ2v) is 4.96. The maximum Gasteiger partial charge on any atom is 0.348 e. The first-order chi connectivity index (χ1) is 11.1. The van der Waals surface area contributed by atoms with Crippen LogP contribution in [0.4, 0.5) is 0 Å². The van der Waals surface area contributed by atoms with Gasteiger partial charge in [-0.3, -0.25) is 0 Å². The van der Waals surface area contributed by atoms with Crippen molar-refractivity contribution in [2.24, 2.45) is 5.18 Å². The van der Waals surface area contributed by atoms with E-state index in [0.29, 0.717) is 0 Å². The molecule has 0 aliphatic rings. The normalized spacial score (nSPS) is 12.7. The third-order valence-corrected chi connectivity index (χ3v) is 2.98. The maximum atomic E-state index is 11.7. The lowest BCUT2D eigenvalue weighted by Crippen LogP contribution is -2.21. The molecule has 0 saturated heterocycles. The lowest BCUT2D eigenvalue weighted by atomic mass is 10.2. The predicted molar refractivity (Wildman–Crippen MR) is 87.2 cm³/mol. The standard InChI is InChI=1S/C16H25N3O4/c1-3-5-9-19(8-4-2)10-6-7-14(11-17)16(21)23-13-15(12-20)18-22/h6-7,10,15,20H,3-5,8-9,12-13H2,1-2H3/b10-6+,14-7+. The number of carbonyl (C=O) groups excluding carboxylic acids is 1. The van der Waals surface area contributed by atoms with E-state index in [-0.39, 0.29) is 12.2 Å². The van der Waals surface area contributed by atoms with Gasteiger partial charge in [-0.25, -0.2) is 4.79 Å².